The minimum Gasteiger partial charge on any atom is -0.323 e. The number of nitrogens with one attached hydrogen (secondary N) is 1. The standard InChI is InChI=1S/C17H18FNOS/c1-12-7-8-16(15(18)9-12)19-17(20)11-21-10-14-6-4-3-5-13(14)2/h3-9H,10-11H2,1-2H3,(H,19,20). The topological polar surface area (TPSA) is 29.1 Å². The van der Waals surface area contributed by atoms with Gasteiger partial charge in [0.1, 0.15) is 5.82 Å². The summed E-state index contributed by atoms with van der Waals surface area (Å²) in [5.74, 6) is 0.501. The van der Waals surface area contributed by atoms with E-state index in [0.29, 0.717) is 5.75 Å². The molecule has 0 radical (unpaired) electrons. The third-order valence-electron chi connectivity index (χ3n) is 3.15. The van der Waals surface area contributed by atoms with Crippen molar-refractivity contribution in [1.82, 2.24) is 0 Å². The number of anilines is 1. The summed E-state index contributed by atoms with van der Waals surface area (Å²) in [7, 11) is 0. The highest BCUT2D eigenvalue weighted by molar-refractivity contribution is 7.99. The lowest BCUT2D eigenvalue weighted by atomic mass is 10.1. The number of thioether (sulfide) groups is 1. The van der Waals surface area contributed by atoms with Crippen LogP contribution in [-0.4, -0.2) is 11.7 Å². The first-order valence-electron chi connectivity index (χ1n) is 6.74. The fourth-order valence-corrected chi connectivity index (χ4v) is 2.84. The Hall–Kier alpha value is -1.81. The Labute approximate surface area is 128 Å². The maximum absolute atomic E-state index is 13.6. The molecule has 0 saturated heterocycles. The molecule has 2 nitrogen and oxygen atoms in total. The number of carbonyl (C=O) groups excluding carboxylic acids is 1. The van der Waals surface area contributed by atoms with E-state index in [4.69, 9.17) is 0 Å². The van der Waals surface area contributed by atoms with E-state index >= 15 is 0 Å². The van der Waals surface area contributed by atoms with Gasteiger partial charge in [-0.15, -0.1) is 11.8 Å². The van der Waals surface area contributed by atoms with Crippen LogP contribution in [0, 0.1) is 19.7 Å². The van der Waals surface area contributed by atoms with Crippen LogP contribution in [-0.2, 0) is 10.5 Å². The van der Waals surface area contributed by atoms with Gasteiger partial charge in [0.15, 0.2) is 0 Å². The molecule has 2 aromatic rings. The zero-order valence-corrected chi connectivity index (χ0v) is 13.0. The fraction of sp³-hybridized carbons (Fsp3) is 0.235. The van der Waals surface area contributed by atoms with Gasteiger partial charge in [0.05, 0.1) is 11.4 Å². The van der Waals surface area contributed by atoms with E-state index in [9.17, 15) is 9.18 Å². The van der Waals surface area contributed by atoms with Gasteiger partial charge >= 0.3 is 0 Å². The molecule has 0 saturated carbocycles. The summed E-state index contributed by atoms with van der Waals surface area (Å²) >= 11 is 1.52. The lowest BCUT2D eigenvalue weighted by molar-refractivity contribution is -0.113. The van der Waals surface area contributed by atoms with Crippen molar-refractivity contribution in [2.45, 2.75) is 19.6 Å². The molecule has 0 aliphatic rings. The Kier molecular flexibility index (Phi) is 5.39. The quantitative estimate of drug-likeness (QED) is 0.891. The van der Waals surface area contributed by atoms with Gasteiger partial charge in [0.2, 0.25) is 5.91 Å². The monoisotopic (exact) mass is 303 g/mol. The van der Waals surface area contributed by atoms with Gasteiger partial charge in [-0.3, -0.25) is 4.79 Å². The normalized spacial score (nSPS) is 10.4. The summed E-state index contributed by atoms with van der Waals surface area (Å²) in [6.07, 6.45) is 0. The van der Waals surface area contributed by atoms with Crippen molar-refractivity contribution >= 4 is 23.4 Å². The average Bonchev–Trinajstić information content (AvgIpc) is 2.44. The van der Waals surface area contributed by atoms with Gasteiger partial charge in [0.25, 0.3) is 0 Å². The molecule has 0 aromatic heterocycles. The summed E-state index contributed by atoms with van der Waals surface area (Å²) < 4.78 is 13.6. The van der Waals surface area contributed by atoms with Crippen LogP contribution in [0.4, 0.5) is 10.1 Å². The molecular weight excluding hydrogens is 285 g/mol. The Bertz CT molecular complexity index is 642. The molecule has 0 heterocycles. The Morgan fingerprint density at radius 3 is 2.67 bits per heavy atom. The van der Waals surface area contributed by atoms with Crippen LogP contribution in [0.3, 0.4) is 0 Å². The van der Waals surface area contributed by atoms with E-state index in [0.717, 1.165) is 11.3 Å². The van der Waals surface area contributed by atoms with Crippen molar-refractivity contribution < 1.29 is 9.18 Å². The van der Waals surface area contributed by atoms with Crippen LogP contribution in [0.15, 0.2) is 42.5 Å². The fourth-order valence-electron chi connectivity index (χ4n) is 1.93. The van der Waals surface area contributed by atoms with Crippen molar-refractivity contribution in [1.29, 1.82) is 0 Å². The zero-order valence-electron chi connectivity index (χ0n) is 12.2. The number of amides is 1. The van der Waals surface area contributed by atoms with Crippen molar-refractivity contribution in [3.63, 3.8) is 0 Å². The van der Waals surface area contributed by atoms with Crippen LogP contribution >= 0.6 is 11.8 Å². The van der Waals surface area contributed by atoms with E-state index in [-0.39, 0.29) is 11.6 Å². The molecule has 0 bridgehead atoms. The van der Waals surface area contributed by atoms with Gasteiger partial charge in [-0.1, -0.05) is 30.3 Å². The van der Waals surface area contributed by atoms with Crippen molar-refractivity contribution in [2.24, 2.45) is 0 Å². The number of halogens is 1. The largest absolute Gasteiger partial charge is 0.323 e. The number of rotatable bonds is 5. The van der Waals surface area contributed by atoms with Crippen molar-refractivity contribution in [3.8, 4) is 0 Å². The van der Waals surface area contributed by atoms with Crippen LogP contribution in [0.1, 0.15) is 16.7 Å². The van der Waals surface area contributed by atoms with Crippen molar-refractivity contribution in [3.05, 3.63) is 65.0 Å². The van der Waals surface area contributed by atoms with Crippen LogP contribution < -0.4 is 5.32 Å². The first-order valence-corrected chi connectivity index (χ1v) is 7.90. The second-order valence-electron chi connectivity index (χ2n) is 4.95. The molecule has 0 unspecified atom stereocenters. The molecule has 0 aliphatic heterocycles. The summed E-state index contributed by atoms with van der Waals surface area (Å²) in [4.78, 5) is 11.8. The van der Waals surface area contributed by atoms with E-state index in [1.807, 2.05) is 19.1 Å². The van der Waals surface area contributed by atoms with Gasteiger partial charge in [0, 0.05) is 5.75 Å². The maximum atomic E-state index is 13.6. The Morgan fingerprint density at radius 2 is 1.95 bits per heavy atom. The van der Waals surface area contributed by atoms with Crippen LogP contribution in [0.25, 0.3) is 0 Å². The van der Waals surface area contributed by atoms with Gasteiger partial charge in [-0.25, -0.2) is 4.39 Å². The van der Waals surface area contributed by atoms with Crippen LogP contribution in [0.2, 0.25) is 0 Å². The van der Waals surface area contributed by atoms with E-state index in [1.54, 1.807) is 12.1 Å². The molecule has 1 N–H and O–H groups in total. The lowest BCUT2D eigenvalue weighted by Crippen LogP contribution is -2.15. The van der Waals surface area contributed by atoms with Gasteiger partial charge in [-0.05, 0) is 42.7 Å². The van der Waals surface area contributed by atoms with E-state index in [2.05, 4.69) is 24.4 Å². The second-order valence-corrected chi connectivity index (χ2v) is 5.94. The third kappa shape index (κ3) is 4.60. The lowest BCUT2D eigenvalue weighted by Gasteiger charge is -2.08. The molecule has 0 fully saturated rings. The zero-order chi connectivity index (χ0) is 15.2. The number of carbonyl (C=O) groups is 1. The van der Waals surface area contributed by atoms with Crippen molar-refractivity contribution in [2.75, 3.05) is 11.1 Å². The average molecular weight is 303 g/mol. The van der Waals surface area contributed by atoms with E-state index < -0.39 is 5.82 Å². The Morgan fingerprint density at radius 1 is 1.19 bits per heavy atom. The molecule has 0 atom stereocenters. The molecular formula is C17H18FNOS. The highest BCUT2D eigenvalue weighted by Gasteiger charge is 2.07. The smallest absolute Gasteiger partial charge is 0.234 e. The van der Waals surface area contributed by atoms with E-state index in [1.165, 1.54) is 29.0 Å². The molecule has 2 rings (SSSR count). The van der Waals surface area contributed by atoms with Gasteiger partial charge in [-0.2, -0.15) is 0 Å². The summed E-state index contributed by atoms with van der Waals surface area (Å²) in [6.45, 7) is 3.87. The predicted octanol–water partition coefficient (Wildman–Crippen LogP) is 4.31. The van der Waals surface area contributed by atoms with Crippen LogP contribution in [0.5, 0.6) is 0 Å². The Balaban J connectivity index is 1.84. The highest BCUT2D eigenvalue weighted by Crippen LogP contribution is 2.18. The summed E-state index contributed by atoms with van der Waals surface area (Å²) in [5, 5.41) is 2.60. The first kappa shape index (κ1) is 15.6. The SMILES string of the molecule is Cc1ccc(NC(=O)CSCc2ccccc2C)c(F)c1. The molecule has 1 amide bonds. The third-order valence-corrected chi connectivity index (χ3v) is 4.13. The second kappa shape index (κ2) is 7.27. The highest BCUT2D eigenvalue weighted by atomic mass is 32.2. The summed E-state index contributed by atoms with van der Waals surface area (Å²) in [6, 6.07) is 12.9. The molecule has 0 spiro atoms. The number of benzene rings is 2. The number of hydrogen-bond acceptors (Lipinski definition) is 2. The molecule has 0 aliphatic carbocycles. The predicted molar refractivity (Wildman–Crippen MR) is 87.1 cm³/mol. The van der Waals surface area contributed by atoms with Gasteiger partial charge < -0.3 is 5.32 Å². The molecule has 4 heteroatoms. The molecule has 2 aromatic carbocycles. The number of aryl methyl sites for hydroxylation is 2. The first-order chi connectivity index (χ1) is 10.1. The minimum atomic E-state index is -0.396. The molecule has 110 valence electrons. The summed E-state index contributed by atoms with van der Waals surface area (Å²) in [5.41, 5.74) is 3.51. The molecule has 21 heavy (non-hydrogen) atoms. The number of hydrogen-bond donors (Lipinski definition) is 1. The maximum Gasteiger partial charge on any atom is 0.234 e. The minimum absolute atomic E-state index is 0.184.